The Morgan fingerprint density at radius 1 is 1.38 bits per heavy atom. The van der Waals surface area contributed by atoms with Crippen LogP contribution in [0.15, 0.2) is 24.3 Å². The maximum atomic E-state index is 12.9. The van der Waals surface area contributed by atoms with Gasteiger partial charge in [0.1, 0.15) is 5.82 Å². The van der Waals surface area contributed by atoms with Crippen molar-refractivity contribution in [1.29, 1.82) is 0 Å². The SMILES string of the molecule is CCC1CN(c2ccc(F)cc2)C(C)CN1. The first-order chi connectivity index (χ1) is 7.70. The predicted molar refractivity (Wildman–Crippen MR) is 65.3 cm³/mol. The third-order valence-corrected chi connectivity index (χ3v) is 3.30. The van der Waals surface area contributed by atoms with Crippen LogP contribution in [0.3, 0.4) is 0 Å². The molecule has 1 saturated heterocycles. The van der Waals surface area contributed by atoms with E-state index in [2.05, 4.69) is 24.1 Å². The molecule has 1 aliphatic rings. The fourth-order valence-corrected chi connectivity index (χ4v) is 2.20. The van der Waals surface area contributed by atoms with Crippen molar-refractivity contribution in [2.24, 2.45) is 0 Å². The Bertz CT molecular complexity index is 336. The van der Waals surface area contributed by atoms with Crippen LogP contribution in [0.1, 0.15) is 20.3 Å². The molecule has 1 aliphatic heterocycles. The van der Waals surface area contributed by atoms with E-state index in [1.807, 2.05) is 12.1 Å². The van der Waals surface area contributed by atoms with Gasteiger partial charge in [0.2, 0.25) is 0 Å². The molecule has 1 N–H and O–H groups in total. The third-order valence-electron chi connectivity index (χ3n) is 3.30. The zero-order valence-corrected chi connectivity index (χ0v) is 9.91. The first-order valence-electron chi connectivity index (χ1n) is 5.96. The summed E-state index contributed by atoms with van der Waals surface area (Å²) in [7, 11) is 0. The van der Waals surface area contributed by atoms with Gasteiger partial charge in [-0.25, -0.2) is 4.39 Å². The summed E-state index contributed by atoms with van der Waals surface area (Å²) >= 11 is 0. The van der Waals surface area contributed by atoms with Crippen LogP contribution in [0, 0.1) is 5.82 Å². The second kappa shape index (κ2) is 4.83. The second-order valence-corrected chi connectivity index (χ2v) is 4.49. The van der Waals surface area contributed by atoms with Crippen LogP contribution in [0.5, 0.6) is 0 Å². The zero-order valence-electron chi connectivity index (χ0n) is 9.91. The van der Waals surface area contributed by atoms with Crippen molar-refractivity contribution in [3.63, 3.8) is 0 Å². The maximum Gasteiger partial charge on any atom is 0.123 e. The van der Waals surface area contributed by atoms with Crippen LogP contribution in [0.2, 0.25) is 0 Å². The Balaban J connectivity index is 2.14. The summed E-state index contributed by atoms with van der Waals surface area (Å²) in [6.45, 7) is 6.39. The van der Waals surface area contributed by atoms with Gasteiger partial charge in [-0.15, -0.1) is 0 Å². The lowest BCUT2D eigenvalue weighted by molar-refractivity contribution is 0.397. The molecule has 3 heteroatoms. The number of anilines is 1. The van der Waals surface area contributed by atoms with Crippen LogP contribution in [-0.2, 0) is 0 Å². The van der Waals surface area contributed by atoms with Crippen LogP contribution < -0.4 is 10.2 Å². The largest absolute Gasteiger partial charge is 0.366 e. The van der Waals surface area contributed by atoms with E-state index in [-0.39, 0.29) is 5.82 Å². The number of hydrogen-bond donors (Lipinski definition) is 1. The van der Waals surface area contributed by atoms with Crippen LogP contribution in [0.25, 0.3) is 0 Å². The molecule has 0 aliphatic carbocycles. The van der Waals surface area contributed by atoms with Gasteiger partial charge in [-0.3, -0.25) is 0 Å². The minimum Gasteiger partial charge on any atom is -0.366 e. The number of rotatable bonds is 2. The summed E-state index contributed by atoms with van der Waals surface area (Å²) in [6.07, 6.45) is 1.13. The Labute approximate surface area is 96.5 Å². The minimum absolute atomic E-state index is 0.168. The molecule has 2 atom stereocenters. The summed E-state index contributed by atoms with van der Waals surface area (Å²) in [6, 6.07) is 7.80. The van der Waals surface area contributed by atoms with E-state index < -0.39 is 0 Å². The van der Waals surface area contributed by atoms with E-state index in [4.69, 9.17) is 0 Å². The highest BCUT2D eigenvalue weighted by molar-refractivity contribution is 5.48. The van der Waals surface area contributed by atoms with Crippen molar-refractivity contribution in [3.05, 3.63) is 30.1 Å². The highest BCUT2D eigenvalue weighted by Crippen LogP contribution is 2.20. The Hall–Kier alpha value is -1.09. The molecule has 1 heterocycles. The lowest BCUT2D eigenvalue weighted by Crippen LogP contribution is -2.55. The highest BCUT2D eigenvalue weighted by atomic mass is 19.1. The molecule has 0 bridgehead atoms. The van der Waals surface area contributed by atoms with Crippen molar-refractivity contribution < 1.29 is 4.39 Å². The van der Waals surface area contributed by atoms with E-state index in [9.17, 15) is 4.39 Å². The van der Waals surface area contributed by atoms with E-state index in [1.54, 1.807) is 0 Å². The molecule has 16 heavy (non-hydrogen) atoms. The van der Waals surface area contributed by atoms with E-state index in [1.165, 1.54) is 12.1 Å². The number of nitrogens with zero attached hydrogens (tertiary/aromatic N) is 1. The molecule has 1 fully saturated rings. The molecule has 2 rings (SSSR count). The van der Waals surface area contributed by atoms with Crippen molar-refractivity contribution in [1.82, 2.24) is 5.32 Å². The standard InChI is InChI=1S/C13H19FN2/c1-3-12-9-16(10(2)8-15-12)13-6-4-11(14)5-7-13/h4-7,10,12,15H,3,8-9H2,1-2H3. The van der Waals surface area contributed by atoms with Gasteiger partial charge in [0.05, 0.1) is 0 Å². The molecule has 0 aromatic heterocycles. The number of hydrogen-bond acceptors (Lipinski definition) is 2. The zero-order chi connectivity index (χ0) is 11.5. The lowest BCUT2D eigenvalue weighted by Gasteiger charge is -2.40. The molecule has 0 radical (unpaired) electrons. The van der Waals surface area contributed by atoms with Gasteiger partial charge in [-0.1, -0.05) is 6.92 Å². The number of benzene rings is 1. The van der Waals surface area contributed by atoms with Crippen molar-refractivity contribution in [2.45, 2.75) is 32.4 Å². The molecule has 0 amide bonds. The van der Waals surface area contributed by atoms with Gasteiger partial charge in [-0.2, -0.15) is 0 Å². The summed E-state index contributed by atoms with van der Waals surface area (Å²) < 4.78 is 12.9. The molecule has 2 nitrogen and oxygen atoms in total. The third kappa shape index (κ3) is 2.35. The van der Waals surface area contributed by atoms with Crippen molar-refractivity contribution in [2.75, 3.05) is 18.0 Å². The number of halogens is 1. The first-order valence-corrected chi connectivity index (χ1v) is 5.96. The van der Waals surface area contributed by atoms with Gasteiger partial charge < -0.3 is 10.2 Å². The van der Waals surface area contributed by atoms with Gasteiger partial charge in [0, 0.05) is 30.9 Å². The fourth-order valence-electron chi connectivity index (χ4n) is 2.20. The number of nitrogens with one attached hydrogen (secondary N) is 1. The van der Waals surface area contributed by atoms with Crippen molar-refractivity contribution >= 4 is 5.69 Å². The Morgan fingerprint density at radius 3 is 2.69 bits per heavy atom. The van der Waals surface area contributed by atoms with Crippen LogP contribution in [0.4, 0.5) is 10.1 Å². The first kappa shape index (κ1) is 11.4. The number of piperazine rings is 1. The van der Waals surface area contributed by atoms with E-state index >= 15 is 0 Å². The highest BCUT2D eigenvalue weighted by Gasteiger charge is 2.23. The van der Waals surface area contributed by atoms with Gasteiger partial charge in [0.15, 0.2) is 0 Å². The fraction of sp³-hybridized carbons (Fsp3) is 0.538. The monoisotopic (exact) mass is 222 g/mol. The molecule has 1 aromatic carbocycles. The molecule has 2 unspecified atom stereocenters. The minimum atomic E-state index is -0.168. The average Bonchev–Trinajstić information content (AvgIpc) is 2.31. The van der Waals surface area contributed by atoms with Crippen LogP contribution in [-0.4, -0.2) is 25.2 Å². The van der Waals surface area contributed by atoms with Crippen LogP contribution >= 0.6 is 0 Å². The maximum absolute atomic E-state index is 12.9. The summed E-state index contributed by atoms with van der Waals surface area (Å²) in [5.41, 5.74) is 1.12. The van der Waals surface area contributed by atoms with E-state index in [0.717, 1.165) is 25.2 Å². The molecule has 1 aromatic rings. The van der Waals surface area contributed by atoms with Gasteiger partial charge >= 0.3 is 0 Å². The summed E-state index contributed by atoms with van der Waals surface area (Å²) in [5.74, 6) is -0.168. The quantitative estimate of drug-likeness (QED) is 0.826. The normalized spacial score (nSPS) is 25.8. The molecule has 0 spiro atoms. The Kier molecular flexibility index (Phi) is 3.44. The predicted octanol–water partition coefficient (Wildman–Crippen LogP) is 2.40. The topological polar surface area (TPSA) is 15.3 Å². The molecule has 0 saturated carbocycles. The molecular formula is C13H19FN2. The molecule has 88 valence electrons. The average molecular weight is 222 g/mol. The van der Waals surface area contributed by atoms with Crippen molar-refractivity contribution in [3.8, 4) is 0 Å². The van der Waals surface area contributed by atoms with Gasteiger partial charge in [-0.05, 0) is 37.6 Å². The second-order valence-electron chi connectivity index (χ2n) is 4.49. The molecular weight excluding hydrogens is 203 g/mol. The summed E-state index contributed by atoms with van der Waals surface area (Å²) in [5, 5.41) is 3.51. The smallest absolute Gasteiger partial charge is 0.123 e. The summed E-state index contributed by atoms with van der Waals surface area (Å²) in [4.78, 5) is 2.35. The lowest BCUT2D eigenvalue weighted by atomic mass is 10.1. The Morgan fingerprint density at radius 2 is 2.06 bits per heavy atom. The van der Waals surface area contributed by atoms with E-state index in [0.29, 0.717) is 12.1 Å². The van der Waals surface area contributed by atoms with Gasteiger partial charge in [0.25, 0.3) is 0 Å².